The predicted octanol–water partition coefficient (Wildman–Crippen LogP) is 0.875. The maximum Gasteiger partial charge on any atom is 0.0534 e. The van der Waals surface area contributed by atoms with Gasteiger partial charge in [-0.15, -0.1) is 12.3 Å². The summed E-state index contributed by atoms with van der Waals surface area (Å²) in [5, 5.41) is 4.10. The number of hydrogen-bond acceptors (Lipinski definition) is 2. The van der Waals surface area contributed by atoms with Crippen molar-refractivity contribution in [1.29, 1.82) is 0 Å². The molecule has 13 heavy (non-hydrogen) atoms. The second kappa shape index (κ2) is 4.68. The minimum atomic E-state index is 0.802. The first kappa shape index (κ1) is 9.82. The number of aryl methyl sites for hydroxylation is 1. The van der Waals surface area contributed by atoms with Crippen LogP contribution in [0.3, 0.4) is 0 Å². The Bertz CT molecular complexity index is 295. The van der Waals surface area contributed by atoms with Crippen molar-refractivity contribution in [2.45, 2.75) is 13.0 Å². The zero-order chi connectivity index (χ0) is 9.68. The minimum absolute atomic E-state index is 0.802. The second-order valence-electron chi connectivity index (χ2n) is 3.21. The van der Waals surface area contributed by atoms with Crippen LogP contribution in [-0.4, -0.2) is 28.3 Å². The summed E-state index contributed by atoms with van der Waals surface area (Å²) in [5.41, 5.74) is 1.22. The van der Waals surface area contributed by atoms with Crippen LogP contribution in [0.15, 0.2) is 12.4 Å². The van der Waals surface area contributed by atoms with Crippen LogP contribution >= 0.6 is 0 Å². The van der Waals surface area contributed by atoms with E-state index in [4.69, 9.17) is 6.42 Å². The molecular weight excluding hydrogens is 162 g/mol. The molecule has 0 unspecified atom stereocenters. The molecule has 0 aliphatic carbocycles. The van der Waals surface area contributed by atoms with Crippen LogP contribution in [0.4, 0.5) is 0 Å². The van der Waals surface area contributed by atoms with Gasteiger partial charge in [-0.1, -0.05) is 0 Å². The predicted molar refractivity (Wildman–Crippen MR) is 53.0 cm³/mol. The SMILES string of the molecule is C#CCCN(C)Cc1cnn(C)c1. The molecule has 0 N–H and O–H groups in total. The standard InChI is InChI=1S/C10H15N3/c1-4-5-6-12(2)8-10-7-11-13(3)9-10/h1,7,9H,5-6,8H2,2-3H3. The van der Waals surface area contributed by atoms with Gasteiger partial charge in [0.05, 0.1) is 6.20 Å². The molecule has 0 aliphatic heterocycles. The van der Waals surface area contributed by atoms with Crippen LogP contribution in [0, 0.1) is 12.3 Å². The van der Waals surface area contributed by atoms with Crippen LogP contribution in [0.1, 0.15) is 12.0 Å². The van der Waals surface area contributed by atoms with Crippen LogP contribution < -0.4 is 0 Å². The first-order chi connectivity index (χ1) is 6.22. The summed E-state index contributed by atoms with van der Waals surface area (Å²) >= 11 is 0. The third-order valence-electron chi connectivity index (χ3n) is 1.85. The van der Waals surface area contributed by atoms with E-state index in [0.717, 1.165) is 19.5 Å². The summed E-state index contributed by atoms with van der Waals surface area (Å²) in [6, 6.07) is 0. The van der Waals surface area contributed by atoms with E-state index in [1.807, 2.05) is 24.1 Å². The number of rotatable bonds is 4. The summed E-state index contributed by atoms with van der Waals surface area (Å²) in [6.07, 6.45) is 9.89. The molecule has 1 heterocycles. The van der Waals surface area contributed by atoms with Gasteiger partial charge in [-0.25, -0.2) is 0 Å². The Morgan fingerprint density at radius 1 is 1.69 bits per heavy atom. The molecule has 0 atom stereocenters. The molecule has 3 nitrogen and oxygen atoms in total. The van der Waals surface area contributed by atoms with E-state index >= 15 is 0 Å². The highest BCUT2D eigenvalue weighted by Gasteiger charge is 2.00. The molecule has 1 aromatic rings. The third kappa shape index (κ3) is 3.30. The maximum absolute atomic E-state index is 5.18. The number of terminal acetylenes is 1. The molecule has 0 aromatic carbocycles. The Balaban J connectivity index is 2.37. The first-order valence-corrected chi connectivity index (χ1v) is 4.32. The van der Waals surface area contributed by atoms with E-state index in [9.17, 15) is 0 Å². The zero-order valence-corrected chi connectivity index (χ0v) is 8.20. The van der Waals surface area contributed by atoms with E-state index in [1.54, 1.807) is 0 Å². The van der Waals surface area contributed by atoms with Crippen LogP contribution in [0.25, 0.3) is 0 Å². The van der Waals surface area contributed by atoms with Crippen molar-refractivity contribution in [2.75, 3.05) is 13.6 Å². The lowest BCUT2D eigenvalue weighted by Crippen LogP contribution is -2.18. The van der Waals surface area contributed by atoms with Gasteiger partial charge in [0.25, 0.3) is 0 Å². The molecular formula is C10H15N3. The molecule has 0 saturated heterocycles. The molecule has 0 bridgehead atoms. The fraction of sp³-hybridized carbons (Fsp3) is 0.500. The Morgan fingerprint density at radius 3 is 3.00 bits per heavy atom. The highest BCUT2D eigenvalue weighted by Crippen LogP contribution is 2.00. The van der Waals surface area contributed by atoms with Crippen molar-refractivity contribution < 1.29 is 0 Å². The first-order valence-electron chi connectivity index (χ1n) is 4.32. The van der Waals surface area contributed by atoms with E-state index in [2.05, 4.69) is 23.0 Å². The average molecular weight is 177 g/mol. The maximum atomic E-state index is 5.18. The van der Waals surface area contributed by atoms with Crippen molar-refractivity contribution in [2.24, 2.45) is 7.05 Å². The number of hydrogen-bond donors (Lipinski definition) is 0. The van der Waals surface area contributed by atoms with Crippen LogP contribution in [-0.2, 0) is 13.6 Å². The normalized spacial score (nSPS) is 10.3. The number of aromatic nitrogens is 2. The van der Waals surface area contributed by atoms with Crippen LogP contribution in [0.2, 0.25) is 0 Å². The molecule has 70 valence electrons. The van der Waals surface area contributed by atoms with E-state index in [0.29, 0.717) is 0 Å². The largest absolute Gasteiger partial charge is 0.301 e. The Morgan fingerprint density at radius 2 is 2.46 bits per heavy atom. The van der Waals surface area contributed by atoms with E-state index in [-0.39, 0.29) is 0 Å². The lowest BCUT2D eigenvalue weighted by Gasteiger charge is -2.12. The number of nitrogens with zero attached hydrogens (tertiary/aromatic N) is 3. The second-order valence-corrected chi connectivity index (χ2v) is 3.21. The molecule has 3 heteroatoms. The van der Waals surface area contributed by atoms with Gasteiger partial charge in [0.2, 0.25) is 0 Å². The molecule has 0 radical (unpaired) electrons. The summed E-state index contributed by atoms with van der Waals surface area (Å²) in [6.45, 7) is 1.85. The molecule has 0 aliphatic rings. The monoisotopic (exact) mass is 177 g/mol. The van der Waals surface area contributed by atoms with Gasteiger partial charge in [0.1, 0.15) is 0 Å². The van der Waals surface area contributed by atoms with Gasteiger partial charge in [-0.05, 0) is 7.05 Å². The molecule has 0 amide bonds. The highest BCUT2D eigenvalue weighted by molar-refractivity contribution is 5.03. The Hall–Kier alpha value is -1.27. The lowest BCUT2D eigenvalue weighted by atomic mass is 10.3. The van der Waals surface area contributed by atoms with Crippen molar-refractivity contribution in [3.05, 3.63) is 18.0 Å². The third-order valence-corrected chi connectivity index (χ3v) is 1.85. The zero-order valence-electron chi connectivity index (χ0n) is 8.20. The summed E-state index contributed by atoms with van der Waals surface area (Å²) in [5.74, 6) is 2.63. The quantitative estimate of drug-likeness (QED) is 0.636. The van der Waals surface area contributed by atoms with E-state index in [1.165, 1.54) is 5.56 Å². The fourth-order valence-electron chi connectivity index (χ4n) is 1.20. The summed E-state index contributed by atoms with van der Waals surface area (Å²) in [4.78, 5) is 2.19. The van der Waals surface area contributed by atoms with Gasteiger partial charge in [0.15, 0.2) is 0 Å². The summed E-state index contributed by atoms with van der Waals surface area (Å²) < 4.78 is 1.81. The van der Waals surface area contributed by atoms with Crippen molar-refractivity contribution in [3.63, 3.8) is 0 Å². The average Bonchev–Trinajstić information content (AvgIpc) is 2.48. The lowest BCUT2D eigenvalue weighted by molar-refractivity contribution is 0.335. The molecule has 0 spiro atoms. The van der Waals surface area contributed by atoms with Crippen molar-refractivity contribution in [3.8, 4) is 12.3 Å². The topological polar surface area (TPSA) is 21.1 Å². The van der Waals surface area contributed by atoms with Gasteiger partial charge in [-0.3, -0.25) is 4.68 Å². The van der Waals surface area contributed by atoms with Crippen LogP contribution in [0.5, 0.6) is 0 Å². The molecule has 0 saturated carbocycles. The Labute approximate surface area is 79.4 Å². The highest BCUT2D eigenvalue weighted by atomic mass is 15.2. The molecule has 1 aromatic heterocycles. The summed E-state index contributed by atoms with van der Waals surface area (Å²) in [7, 11) is 3.98. The molecule has 0 fully saturated rings. The van der Waals surface area contributed by atoms with Gasteiger partial charge in [-0.2, -0.15) is 5.10 Å². The van der Waals surface area contributed by atoms with Gasteiger partial charge in [0, 0.05) is 38.3 Å². The van der Waals surface area contributed by atoms with Gasteiger partial charge < -0.3 is 4.90 Å². The van der Waals surface area contributed by atoms with E-state index < -0.39 is 0 Å². The molecule has 1 rings (SSSR count). The van der Waals surface area contributed by atoms with Crippen molar-refractivity contribution in [1.82, 2.24) is 14.7 Å². The smallest absolute Gasteiger partial charge is 0.0534 e. The van der Waals surface area contributed by atoms with Gasteiger partial charge >= 0.3 is 0 Å². The van der Waals surface area contributed by atoms with Crippen molar-refractivity contribution >= 4 is 0 Å². The fourth-order valence-corrected chi connectivity index (χ4v) is 1.20. The minimum Gasteiger partial charge on any atom is -0.301 e. The Kier molecular flexibility index (Phi) is 3.53.